The third-order valence-electron chi connectivity index (χ3n) is 8.76. The van der Waals surface area contributed by atoms with E-state index in [4.69, 9.17) is 20.7 Å². The molecule has 0 radical (unpaired) electrons. The molecule has 9 rings (SSSR count). The van der Waals surface area contributed by atoms with Crippen molar-refractivity contribution < 1.29 is 31.8 Å². The van der Waals surface area contributed by atoms with Gasteiger partial charge in [-0.2, -0.15) is 13.2 Å². The summed E-state index contributed by atoms with van der Waals surface area (Å²) in [5, 5.41) is 7.15. The third-order valence-corrected chi connectivity index (χ3v) is 11.6. The molecule has 0 saturated carbocycles. The van der Waals surface area contributed by atoms with Crippen molar-refractivity contribution in [3.63, 3.8) is 0 Å². The van der Waals surface area contributed by atoms with Crippen LogP contribution in [0.5, 0.6) is 5.75 Å². The lowest BCUT2D eigenvalue weighted by atomic mass is 10.0. The molecule has 3 aromatic rings. The van der Waals surface area contributed by atoms with Gasteiger partial charge in [-0.05, 0) is 42.8 Å². The molecule has 2 saturated heterocycles. The Labute approximate surface area is 293 Å². The minimum absolute atomic E-state index is 0.0709. The van der Waals surface area contributed by atoms with Crippen molar-refractivity contribution >= 4 is 60.7 Å². The summed E-state index contributed by atoms with van der Waals surface area (Å²) in [5.41, 5.74) is -2.46. The zero-order chi connectivity index (χ0) is 34.8. The van der Waals surface area contributed by atoms with Crippen molar-refractivity contribution in [3.05, 3.63) is 53.7 Å². The minimum atomic E-state index is -4.57. The summed E-state index contributed by atoms with van der Waals surface area (Å²) >= 11 is 5.17. The van der Waals surface area contributed by atoms with Crippen LogP contribution in [-0.2, 0) is 25.0 Å². The van der Waals surface area contributed by atoms with Crippen LogP contribution in [0, 0.1) is 11.8 Å². The summed E-state index contributed by atoms with van der Waals surface area (Å²) in [6.07, 6.45) is 1.86. The number of alkyl halides is 4. The van der Waals surface area contributed by atoms with E-state index < -0.39 is 25.6 Å². The molecule has 6 aliphatic rings. The normalized spacial score (nSPS) is 26.2. The number of pyridine rings is 1. The van der Waals surface area contributed by atoms with Crippen molar-refractivity contribution in [2.75, 3.05) is 76.7 Å². The summed E-state index contributed by atoms with van der Waals surface area (Å²) in [4.78, 5) is 16.5. The smallest absolute Gasteiger partial charge is 0.447 e. The summed E-state index contributed by atoms with van der Waals surface area (Å²) in [6.45, 7) is 4.29. The highest BCUT2D eigenvalue weighted by Crippen LogP contribution is 2.41. The van der Waals surface area contributed by atoms with E-state index in [1.807, 2.05) is 4.90 Å². The molecule has 3 atom stereocenters. The van der Waals surface area contributed by atoms with Crippen LogP contribution >= 0.6 is 11.8 Å². The van der Waals surface area contributed by atoms with Gasteiger partial charge < -0.3 is 38.9 Å². The summed E-state index contributed by atoms with van der Waals surface area (Å²) in [6, 6.07) is 9.27. The van der Waals surface area contributed by atoms with Gasteiger partial charge in [-0.15, -0.1) is 0 Å². The van der Waals surface area contributed by atoms with Gasteiger partial charge in [-0.1, -0.05) is 11.8 Å². The first-order valence-electron chi connectivity index (χ1n) is 15.8. The van der Waals surface area contributed by atoms with Gasteiger partial charge in [-0.3, -0.25) is 30.2 Å². The number of hydrogen-bond acceptors (Lipinski definition) is 10. The molecule has 264 valence electrons. The van der Waals surface area contributed by atoms with E-state index in [1.54, 1.807) is 43.4 Å². The lowest BCUT2D eigenvalue weighted by Gasteiger charge is -2.48. The third kappa shape index (κ3) is 8.24. The lowest BCUT2D eigenvalue weighted by Crippen LogP contribution is -2.58. The van der Waals surface area contributed by atoms with Crippen LogP contribution in [0.2, 0.25) is 0 Å². The quantitative estimate of drug-likeness (QED) is 0.121. The molecule has 2 aromatic heterocycles. The standard InChI is InChI=1S/C33H37F4N6O3S3/c1-38-30(44)22-7-8-26-28(18-22)46-24-19-42(20-24)14-16-45-15-13-41-12-9-29(32(34,21-41)49(2)47)40-25-6-4-11-43-27(25)17-23(5-3-10-39-26)31(43)48-33(35,36)37/h4,6-8,11,17-18,24,29,39-40H,2,9-10,12-16,19-21H2,1H3,(H,38,44)/q-1/t29-,32+/m1/s1. The van der Waals surface area contributed by atoms with Crippen molar-refractivity contribution in [1.29, 1.82) is 0 Å². The number of piperidine rings is 1. The number of amides is 1. The highest BCUT2D eigenvalue weighted by atomic mass is 32.8. The van der Waals surface area contributed by atoms with Crippen LogP contribution in [0.3, 0.4) is 0 Å². The molecule has 1 unspecified atom stereocenters. The molecule has 6 aliphatic heterocycles. The van der Waals surface area contributed by atoms with Gasteiger partial charge in [-0.25, -0.2) is 5.87 Å². The minimum Gasteiger partial charge on any atom is -0.486 e. The van der Waals surface area contributed by atoms with E-state index in [0.29, 0.717) is 80.6 Å². The Balaban J connectivity index is 1.34. The van der Waals surface area contributed by atoms with Gasteiger partial charge in [0.25, 0.3) is 5.91 Å². The zero-order valence-electron chi connectivity index (χ0n) is 26.8. The number of benzene rings is 1. The van der Waals surface area contributed by atoms with Crippen molar-refractivity contribution in [2.24, 2.45) is 0 Å². The van der Waals surface area contributed by atoms with Crippen LogP contribution in [0.25, 0.3) is 5.52 Å². The number of nitrogens with one attached hydrogen (secondary N) is 3. The SMILES string of the molecule is C=[S-](=S)[C@@]1(F)CN2CCOCCN3CC(C3)Oc3cc(C(=O)NC)ccc3NCC#Cc3cc4c(cccn4c3SC(F)(F)F)N[C@@H]1CC2. The number of nitrogens with zero attached hydrogens (tertiary/aromatic N) is 3. The maximum Gasteiger partial charge on any atom is 0.447 e. The van der Waals surface area contributed by atoms with Gasteiger partial charge in [0, 0.05) is 75.9 Å². The second-order valence-corrected chi connectivity index (χ2v) is 15.7. The summed E-state index contributed by atoms with van der Waals surface area (Å²) in [7, 11) is 0.272. The number of carbonyl (C=O) groups excluding carboxylic acids is 1. The van der Waals surface area contributed by atoms with Gasteiger partial charge >= 0.3 is 5.51 Å². The predicted octanol–water partition coefficient (Wildman–Crippen LogP) is 4.13. The molecule has 6 bridgehead atoms. The first-order chi connectivity index (χ1) is 23.4. The molecule has 9 nitrogen and oxygen atoms in total. The predicted molar refractivity (Wildman–Crippen MR) is 190 cm³/mol. The zero-order valence-corrected chi connectivity index (χ0v) is 29.2. The Morgan fingerprint density at radius 1 is 1.16 bits per heavy atom. The van der Waals surface area contributed by atoms with E-state index in [1.165, 1.54) is 10.6 Å². The van der Waals surface area contributed by atoms with Crippen molar-refractivity contribution in [1.82, 2.24) is 19.5 Å². The van der Waals surface area contributed by atoms with Crippen LogP contribution in [0.4, 0.5) is 28.9 Å². The molecule has 0 aliphatic carbocycles. The first kappa shape index (κ1) is 35.6. The Kier molecular flexibility index (Phi) is 10.9. The van der Waals surface area contributed by atoms with Gasteiger partial charge in [0.05, 0.1) is 47.2 Å². The van der Waals surface area contributed by atoms with Gasteiger partial charge in [0.1, 0.15) is 16.9 Å². The second-order valence-electron chi connectivity index (χ2n) is 12.0. The Bertz CT molecular complexity index is 1830. The fraction of sp³-hybridized carbons (Fsp3) is 0.455. The lowest BCUT2D eigenvalue weighted by molar-refractivity contribution is -0.0330. The molecular formula is C33H37F4N6O3S3-. The maximum absolute atomic E-state index is 16.7. The van der Waals surface area contributed by atoms with Crippen molar-refractivity contribution in [3.8, 4) is 17.6 Å². The fourth-order valence-corrected chi connectivity index (χ4v) is 8.21. The van der Waals surface area contributed by atoms with Crippen molar-refractivity contribution in [2.45, 2.75) is 34.1 Å². The average molecular weight is 738 g/mol. The van der Waals surface area contributed by atoms with Crippen LogP contribution in [-0.4, -0.2) is 115 Å². The number of rotatable bonds is 3. The summed E-state index contributed by atoms with van der Waals surface area (Å²) < 4.78 is 71.7. The van der Waals surface area contributed by atoms with E-state index in [-0.39, 0.29) is 47.5 Å². The first-order valence-corrected chi connectivity index (χ1v) is 18.9. The Morgan fingerprint density at radius 3 is 2.67 bits per heavy atom. The molecule has 0 spiro atoms. The fourth-order valence-electron chi connectivity index (χ4n) is 6.19. The Hall–Kier alpha value is -3.20. The molecule has 3 N–H and O–H groups in total. The molecule has 8 heterocycles. The van der Waals surface area contributed by atoms with Crippen LogP contribution in [0.1, 0.15) is 22.3 Å². The van der Waals surface area contributed by atoms with E-state index >= 15 is 4.39 Å². The second kappa shape index (κ2) is 15.0. The van der Waals surface area contributed by atoms with Gasteiger partial charge in [0.2, 0.25) is 0 Å². The van der Waals surface area contributed by atoms with Crippen LogP contribution in [0.15, 0.2) is 47.6 Å². The number of halogens is 4. The monoisotopic (exact) mass is 737 g/mol. The highest BCUT2D eigenvalue weighted by molar-refractivity contribution is 8.27. The Morgan fingerprint density at radius 2 is 1.94 bits per heavy atom. The van der Waals surface area contributed by atoms with Gasteiger partial charge in [0.15, 0.2) is 0 Å². The molecule has 1 aromatic carbocycles. The number of aromatic nitrogens is 1. The molecule has 16 heteroatoms. The number of anilines is 2. The van der Waals surface area contributed by atoms with E-state index in [2.05, 4.69) is 38.6 Å². The average Bonchev–Trinajstić information content (AvgIpc) is 3.38. The number of thioether (sulfide) groups is 1. The number of hydrogen-bond donors (Lipinski definition) is 3. The largest absolute Gasteiger partial charge is 0.486 e. The van der Waals surface area contributed by atoms with E-state index in [0.717, 1.165) is 0 Å². The molecule has 49 heavy (non-hydrogen) atoms. The van der Waals surface area contributed by atoms with Crippen LogP contribution < -0.4 is 20.7 Å². The maximum atomic E-state index is 16.7. The topological polar surface area (TPSA) is 82.5 Å². The van der Waals surface area contributed by atoms with E-state index in [9.17, 15) is 18.0 Å². The number of ether oxygens (including phenoxy) is 2. The molecule has 1 amide bonds. The molecular weight excluding hydrogens is 701 g/mol. The number of carbonyl (C=O) groups is 1. The highest BCUT2D eigenvalue weighted by Gasteiger charge is 2.38. The molecule has 2 fully saturated rings. The summed E-state index contributed by atoms with van der Waals surface area (Å²) in [5.74, 6) is 9.97.